The van der Waals surface area contributed by atoms with Gasteiger partial charge < -0.3 is 10.4 Å². The number of aliphatic hydroxyl groups is 1. The molecule has 110 valence electrons. The van der Waals surface area contributed by atoms with E-state index in [1.165, 1.54) is 6.07 Å². The Bertz CT molecular complexity index is 481. The van der Waals surface area contributed by atoms with E-state index in [2.05, 4.69) is 21.2 Å². The van der Waals surface area contributed by atoms with Gasteiger partial charge in [0.25, 0.3) is 5.69 Å². The second-order valence-corrected chi connectivity index (χ2v) is 6.14. The van der Waals surface area contributed by atoms with Crippen molar-refractivity contribution in [3.63, 3.8) is 0 Å². The van der Waals surface area contributed by atoms with Crippen LogP contribution in [0.5, 0.6) is 0 Å². The Hall–Kier alpha value is -0.980. The van der Waals surface area contributed by atoms with Gasteiger partial charge in [-0.1, -0.05) is 35.2 Å². The quantitative estimate of drug-likeness (QED) is 0.500. The number of nitro benzene ring substituents is 1. The minimum absolute atomic E-state index is 0.0242. The summed E-state index contributed by atoms with van der Waals surface area (Å²) in [6.07, 6.45) is 4.66. The van der Waals surface area contributed by atoms with Crippen LogP contribution in [0.3, 0.4) is 0 Å². The number of rotatable bonds is 4. The average Bonchev–Trinajstić information content (AvgIpc) is 2.61. The highest BCUT2D eigenvalue weighted by Gasteiger charge is 2.22. The molecule has 2 rings (SSSR count). The van der Waals surface area contributed by atoms with E-state index in [0.29, 0.717) is 12.1 Å². The highest BCUT2D eigenvalue weighted by molar-refractivity contribution is 9.10. The SMILES string of the molecule is O=[N+]([O-])c1ccc(Br)cc1CNC1CCCCCC1O. The van der Waals surface area contributed by atoms with Gasteiger partial charge in [0.2, 0.25) is 0 Å². The lowest BCUT2D eigenvalue weighted by molar-refractivity contribution is -0.385. The van der Waals surface area contributed by atoms with E-state index >= 15 is 0 Å². The highest BCUT2D eigenvalue weighted by Crippen LogP contribution is 2.24. The fraction of sp³-hybridized carbons (Fsp3) is 0.571. The Morgan fingerprint density at radius 1 is 1.35 bits per heavy atom. The number of hydrogen-bond acceptors (Lipinski definition) is 4. The lowest BCUT2D eigenvalue weighted by Crippen LogP contribution is -2.38. The van der Waals surface area contributed by atoms with Crippen molar-refractivity contribution in [3.8, 4) is 0 Å². The number of nitrogens with zero attached hydrogens (tertiary/aromatic N) is 1. The molecular weight excluding hydrogens is 324 g/mol. The number of nitro groups is 1. The van der Waals surface area contributed by atoms with E-state index in [-0.39, 0.29) is 22.8 Å². The van der Waals surface area contributed by atoms with Crippen LogP contribution in [0.25, 0.3) is 0 Å². The summed E-state index contributed by atoms with van der Waals surface area (Å²) >= 11 is 3.34. The van der Waals surface area contributed by atoms with Gasteiger partial charge in [-0.15, -0.1) is 0 Å². The highest BCUT2D eigenvalue weighted by atomic mass is 79.9. The second-order valence-electron chi connectivity index (χ2n) is 5.22. The molecule has 1 fully saturated rings. The third kappa shape index (κ3) is 4.01. The molecule has 0 heterocycles. The third-order valence-electron chi connectivity index (χ3n) is 3.77. The van der Waals surface area contributed by atoms with Crippen molar-refractivity contribution < 1.29 is 10.0 Å². The van der Waals surface area contributed by atoms with Crippen LogP contribution in [0.2, 0.25) is 0 Å². The molecule has 0 aromatic heterocycles. The Morgan fingerprint density at radius 3 is 2.85 bits per heavy atom. The molecule has 2 unspecified atom stereocenters. The standard InChI is InChI=1S/C14H19BrN2O3/c15-11-6-7-13(17(19)20)10(8-11)9-16-12-4-2-1-3-5-14(12)18/h6-8,12,14,16,18H,1-5,9H2. The molecule has 1 aromatic carbocycles. The smallest absolute Gasteiger partial charge is 0.273 e. The van der Waals surface area contributed by atoms with Crippen molar-refractivity contribution >= 4 is 21.6 Å². The normalized spacial score (nSPS) is 23.3. The molecule has 0 radical (unpaired) electrons. The molecule has 20 heavy (non-hydrogen) atoms. The number of nitrogens with one attached hydrogen (secondary N) is 1. The van der Waals surface area contributed by atoms with Crippen LogP contribution in [0.15, 0.2) is 22.7 Å². The van der Waals surface area contributed by atoms with Gasteiger partial charge in [-0.2, -0.15) is 0 Å². The van der Waals surface area contributed by atoms with E-state index < -0.39 is 0 Å². The fourth-order valence-corrected chi connectivity index (χ4v) is 3.05. The summed E-state index contributed by atoms with van der Waals surface area (Å²) in [6, 6.07) is 4.96. The summed E-state index contributed by atoms with van der Waals surface area (Å²) in [4.78, 5) is 10.6. The minimum atomic E-state index is -0.368. The van der Waals surface area contributed by atoms with E-state index in [1.54, 1.807) is 12.1 Å². The van der Waals surface area contributed by atoms with Crippen LogP contribution >= 0.6 is 15.9 Å². The Balaban J connectivity index is 2.05. The van der Waals surface area contributed by atoms with Crippen LogP contribution < -0.4 is 5.32 Å². The third-order valence-corrected chi connectivity index (χ3v) is 4.27. The summed E-state index contributed by atoms with van der Waals surface area (Å²) in [5, 5.41) is 24.3. The van der Waals surface area contributed by atoms with E-state index in [0.717, 1.165) is 36.6 Å². The van der Waals surface area contributed by atoms with E-state index in [9.17, 15) is 15.2 Å². The Morgan fingerprint density at radius 2 is 2.10 bits per heavy atom. The van der Waals surface area contributed by atoms with Gasteiger partial charge in [0.05, 0.1) is 11.0 Å². The van der Waals surface area contributed by atoms with Crippen molar-refractivity contribution in [2.45, 2.75) is 50.8 Å². The molecule has 6 heteroatoms. The molecular formula is C14H19BrN2O3. The molecule has 0 amide bonds. The van der Waals surface area contributed by atoms with Crippen LogP contribution in [0.4, 0.5) is 5.69 Å². The van der Waals surface area contributed by atoms with Gasteiger partial charge in [0, 0.05) is 28.7 Å². The zero-order valence-corrected chi connectivity index (χ0v) is 12.8. The Labute approximate surface area is 126 Å². The first-order chi connectivity index (χ1) is 9.58. The van der Waals surface area contributed by atoms with Crippen molar-refractivity contribution in [1.82, 2.24) is 5.32 Å². The first kappa shape index (κ1) is 15.4. The maximum Gasteiger partial charge on any atom is 0.273 e. The summed E-state index contributed by atoms with van der Waals surface area (Å²) in [5.74, 6) is 0. The maximum absolute atomic E-state index is 11.0. The molecule has 1 aliphatic carbocycles. The van der Waals surface area contributed by atoms with Gasteiger partial charge in [0.1, 0.15) is 0 Å². The van der Waals surface area contributed by atoms with Crippen LogP contribution in [0.1, 0.15) is 37.7 Å². The van der Waals surface area contributed by atoms with Crippen molar-refractivity contribution in [2.75, 3.05) is 0 Å². The first-order valence-corrected chi connectivity index (χ1v) is 7.71. The molecule has 0 bridgehead atoms. The molecule has 1 saturated carbocycles. The monoisotopic (exact) mass is 342 g/mol. The summed E-state index contributed by atoms with van der Waals surface area (Å²) < 4.78 is 0.821. The fourth-order valence-electron chi connectivity index (χ4n) is 2.64. The summed E-state index contributed by atoms with van der Waals surface area (Å²) in [7, 11) is 0. The topological polar surface area (TPSA) is 75.4 Å². The van der Waals surface area contributed by atoms with Crippen molar-refractivity contribution in [2.24, 2.45) is 0 Å². The number of hydrogen-bond donors (Lipinski definition) is 2. The molecule has 2 atom stereocenters. The molecule has 2 N–H and O–H groups in total. The molecule has 1 aliphatic rings. The van der Waals surface area contributed by atoms with Gasteiger partial charge in [-0.3, -0.25) is 10.1 Å². The molecule has 0 saturated heterocycles. The largest absolute Gasteiger partial charge is 0.392 e. The Kier molecular flexibility index (Phi) is 5.51. The van der Waals surface area contributed by atoms with E-state index in [4.69, 9.17) is 0 Å². The number of halogens is 1. The average molecular weight is 343 g/mol. The van der Waals surface area contributed by atoms with Crippen LogP contribution in [-0.2, 0) is 6.54 Å². The van der Waals surface area contributed by atoms with E-state index in [1.807, 2.05) is 0 Å². The predicted octanol–water partition coefficient (Wildman–Crippen LogP) is 3.14. The molecule has 0 aliphatic heterocycles. The molecule has 1 aromatic rings. The van der Waals surface area contributed by atoms with Crippen LogP contribution in [-0.4, -0.2) is 22.2 Å². The van der Waals surface area contributed by atoms with Gasteiger partial charge in [-0.25, -0.2) is 0 Å². The molecule has 0 spiro atoms. The number of aliphatic hydroxyl groups excluding tert-OH is 1. The van der Waals surface area contributed by atoms with Gasteiger partial charge >= 0.3 is 0 Å². The zero-order valence-electron chi connectivity index (χ0n) is 11.2. The molecule has 5 nitrogen and oxygen atoms in total. The predicted molar refractivity (Wildman–Crippen MR) is 80.5 cm³/mol. The maximum atomic E-state index is 11.0. The van der Waals surface area contributed by atoms with Crippen LogP contribution in [0, 0.1) is 10.1 Å². The second kappa shape index (κ2) is 7.15. The summed E-state index contributed by atoms with van der Waals surface area (Å²) in [6.45, 7) is 0.400. The van der Waals surface area contributed by atoms with Gasteiger partial charge in [-0.05, 0) is 25.0 Å². The van der Waals surface area contributed by atoms with Crippen molar-refractivity contribution in [3.05, 3.63) is 38.3 Å². The lowest BCUT2D eigenvalue weighted by Gasteiger charge is -2.21. The van der Waals surface area contributed by atoms with Gasteiger partial charge in [0.15, 0.2) is 0 Å². The zero-order chi connectivity index (χ0) is 14.5. The first-order valence-electron chi connectivity index (χ1n) is 6.92. The lowest BCUT2D eigenvalue weighted by atomic mass is 10.1. The van der Waals surface area contributed by atoms with Crippen molar-refractivity contribution in [1.29, 1.82) is 0 Å². The summed E-state index contributed by atoms with van der Waals surface area (Å²) in [5.41, 5.74) is 0.754. The minimum Gasteiger partial charge on any atom is -0.392 e. The number of benzene rings is 1.